The van der Waals surface area contributed by atoms with E-state index in [1.165, 1.54) is 0 Å². The Morgan fingerprint density at radius 1 is 1.20 bits per heavy atom. The van der Waals surface area contributed by atoms with Crippen molar-refractivity contribution >= 4 is 11.9 Å². The van der Waals surface area contributed by atoms with E-state index in [-0.39, 0.29) is 13.2 Å². The minimum absolute atomic E-state index is 0.156. The van der Waals surface area contributed by atoms with Gasteiger partial charge in [-0.3, -0.25) is 9.59 Å². The number of allylic oxidation sites excluding steroid dienone is 1. The fraction of sp³-hybridized carbons (Fsp3) is 0.375. The van der Waals surface area contributed by atoms with Crippen molar-refractivity contribution in [2.24, 2.45) is 5.92 Å². The average Bonchev–Trinajstić information content (AvgIpc) is 2.47. The van der Waals surface area contributed by atoms with Crippen LogP contribution < -0.4 is 0 Å². The lowest BCUT2D eigenvalue weighted by Gasteiger charge is -2.14. The Bertz CT molecular complexity index is 439. The number of hydrogen-bond acceptors (Lipinski definition) is 4. The minimum Gasteiger partial charge on any atom is -0.465 e. The maximum atomic E-state index is 12.0. The van der Waals surface area contributed by atoms with Crippen LogP contribution in [-0.4, -0.2) is 18.5 Å². The van der Waals surface area contributed by atoms with E-state index in [0.717, 1.165) is 5.56 Å². The first kappa shape index (κ1) is 16.0. The molecule has 0 aromatic heterocycles. The summed E-state index contributed by atoms with van der Waals surface area (Å²) in [6.07, 6.45) is 2.58. The molecule has 1 rings (SSSR count). The largest absolute Gasteiger partial charge is 0.465 e. The van der Waals surface area contributed by atoms with E-state index in [0.29, 0.717) is 12.8 Å². The van der Waals surface area contributed by atoms with Crippen LogP contribution >= 0.6 is 0 Å². The third-order valence-electron chi connectivity index (χ3n) is 2.74. The van der Waals surface area contributed by atoms with Crippen LogP contribution in [0.2, 0.25) is 0 Å². The first-order chi connectivity index (χ1) is 9.69. The summed E-state index contributed by atoms with van der Waals surface area (Å²) in [6, 6.07) is 9.33. The Labute approximate surface area is 119 Å². The van der Waals surface area contributed by atoms with Gasteiger partial charge in [-0.15, -0.1) is 6.58 Å². The van der Waals surface area contributed by atoms with Crippen molar-refractivity contribution in [3.63, 3.8) is 0 Å². The lowest BCUT2D eigenvalue weighted by molar-refractivity contribution is -0.162. The molecule has 0 N–H and O–H groups in total. The number of benzene rings is 1. The first-order valence-electron chi connectivity index (χ1n) is 6.67. The van der Waals surface area contributed by atoms with Crippen molar-refractivity contribution in [3.8, 4) is 0 Å². The van der Waals surface area contributed by atoms with Crippen LogP contribution in [-0.2, 0) is 25.7 Å². The van der Waals surface area contributed by atoms with Crippen molar-refractivity contribution in [3.05, 3.63) is 48.6 Å². The number of carbonyl (C=O) groups excluding carboxylic acids is 2. The van der Waals surface area contributed by atoms with Gasteiger partial charge in [-0.25, -0.2) is 0 Å². The number of carbonyl (C=O) groups is 2. The number of hydrogen-bond donors (Lipinski definition) is 0. The van der Waals surface area contributed by atoms with E-state index in [1.54, 1.807) is 13.0 Å². The molecule has 0 bridgehead atoms. The van der Waals surface area contributed by atoms with Crippen LogP contribution in [0.4, 0.5) is 0 Å². The summed E-state index contributed by atoms with van der Waals surface area (Å²) >= 11 is 0. The second-order valence-electron chi connectivity index (χ2n) is 4.26. The molecular formula is C16H20O4. The molecule has 0 saturated heterocycles. The summed E-state index contributed by atoms with van der Waals surface area (Å²) in [5, 5.41) is 0. The Kier molecular flexibility index (Phi) is 7.11. The molecule has 0 aliphatic heterocycles. The Hall–Kier alpha value is -2.10. The van der Waals surface area contributed by atoms with Gasteiger partial charge in [0, 0.05) is 0 Å². The molecule has 0 amide bonds. The van der Waals surface area contributed by atoms with Gasteiger partial charge in [0.1, 0.15) is 6.61 Å². The summed E-state index contributed by atoms with van der Waals surface area (Å²) in [5.74, 6) is -1.96. The zero-order chi connectivity index (χ0) is 14.8. The molecule has 4 heteroatoms. The van der Waals surface area contributed by atoms with E-state index in [9.17, 15) is 9.59 Å². The van der Waals surface area contributed by atoms with E-state index in [2.05, 4.69) is 6.58 Å². The monoisotopic (exact) mass is 276 g/mol. The second kappa shape index (κ2) is 8.91. The maximum Gasteiger partial charge on any atom is 0.320 e. The highest BCUT2D eigenvalue weighted by Gasteiger charge is 2.28. The molecule has 1 atom stereocenters. The average molecular weight is 276 g/mol. The van der Waals surface area contributed by atoms with Gasteiger partial charge in [-0.05, 0) is 25.3 Å². The molecule has 0 spiro atoms. The van der Waals surface area contributed by atoms with Crippen molar-refractivity contribution in [1.82, 2.24) is 0 Å². The normalized spacial score (nSPS) is 11.4. The molecule has 1 aromatic carbocycles. The van der Waals surface area contributed by atoms with Crippen LogP contribution in [0.15, 0.2) is 43.0 Å². The van der Waals surface area contributed by atoms with Gasteiger partial charge in [0.2, 0.25) is 0 Å². The van der Waals surface area contributed by atoms with Crippen molar-refractivity contribution in [1.29, 1.82) is 0 Å². The zero-order valence-corrected chi connectivity index (χ0v) is 11.7. The Morgan fingerprint density at radius 2 is 1.85 bits per heavy atom. The molecule has 0 fully saturated rings. The van der Waals surface area contributed by atoms with Gasteiger partial charge in [0.25, 0.3) is 0 Å². The van der Waals surface area contributed by atoms with E-state index < -0.39 is 17.9 Å². The standard InChI is InChI=1S/C16H20O4/c1-3-5-11-14(15(17)19-4-2)16(18)20-12-13-9-7-6-8-10-13/h3,6-10,14H,1,4-5,11-12H2,2H3. The summed E-state index contributed by atoms with van der Waals surface area (Å²) < 4.78 is 10.1. The lowest BCUT2D eigenvalue weighted by atomic mass is 10.0. The van der Waals surface area contributed by atoms with Crippen LogP contribution in [0.5, 0.6) is 0 Å². The van der Waals surface area contributed by atoms with Crippen LogP contribution in [0, 0.1) is 5.92 Å². The van der Waals surface area contributed by atoms with Crippen molar-refractivity contribution in [2.45, 2.75) is 26.4 Å². The highest BCUT2D eigenvalue weighted by molar-refractivity contribution is 5.94. The molecular weight excluding hydrogens is 256 g/mol. The number of esters is 2. The molecule has 0 heterocycles. The van der Waals surface area contributed by atoms with Gasteiger partial charge in [-0.2, -0.15) is 0 Å². The third kappa shape index (κ3) is 5.26. The highest BCUT2D eigenvalue weighted by atomic mass is 16.6. The predicted octanol–water partition coefficient (Wildman–Crippen LogP) is 2.88. The number of ether oxygens (including phenoxy) is 2. The van der Waals surface area contributed by atoms with Gasteiger partial charge >= 0.3 is 11.9 Å². The quantitative estimate of drug-likeness (QED) is 0.416. The topological polar surface area (TPSA) is 52.6 Å². The van der Waals surface area contributed by atoms with Crippen LogP contribution in [0.3, 0.4) is 0 Å². The molecule has 4 nitrogen and oxygen atoms in total. The van der Waals surface area contributed by atoms with Crippen molar-refractivity contribution in [2.75, 3.05) is 6.61 Å². The molecule has 0 radical (unpaired) electrons. The second-order valence-corrected chi connectivity index (χ2v) is 4.26. The molecule has 1 aromatic rings. The highest BCUT2D eigenvalue weighted by Crippen LogP contribution is 2.13. The Balaban J connectivity index is 2.58. The third-order valence-corrected chi connectivity index (χ3v) is 2.74. The SMILES string of the molecule is C=CCCC(C(=O)OCC)C(=O)OCc1ccccc1. The van der Waals surface area contributed by atoms with Gasteiger partial charge in [-0.1, -0.05) is 36.4 Å². The van der Waals surface area contributed by atoms with Crippen LogP contribution in [0.1, 0.15) is 25.3 Å². The number of rotatable bonds is 8. The van der Waals surface area contributed by atoms with Crippen molar-refractivity contribution < 1.29 is 19.1 Å². The minimum atomic E-state index is -0.878. The maximum absolute atomic E-state index is 12.0. The molecule has 1 unspecified atom stereocenters. The molecule has 108 valence electrons. The fourth-order valence-corrected chi connectivity index (χ4v) is 1.69. The molecule has 0 aliphatic carbocycles. The first-order valence-corrected chi connectivity index (χ1v) is 6.67. The summed E-state index contributed by atoms with van der Waals surface area (Å²) in [4.78, 5) is 23.7. The zero-order valence-electron chi connectivity index (χ0n) is 11.7. The summed E-state index contributed by atoms with van der Waals surface area (Å²) in [5.41, 5.74) is 0.882. The molecule has 0 saturated carbocycles. The Morgan fingerprint density at radius 3 is 2.45 bits per heavy atom. The van der Waals surface area contributed by atoms with E-state index in [1.807, 2.05) is 30.3 Å². The van der Waals surface area contributed by atoms with E-state index >= 15 is 0 Å². The van der Waals surface area contributed by atoms with Gasteiger partial charge in [0.15, 0.2) is 5.92 Å². The molecule has 0 aliphatic rings. The summed E-state index contributed by atoms with van der Waals surface area (Å²) in [7, 11) is 0. The fourth-order valence-electron chi connectivity index (χ4n) is 1.69. The van der Waals surface area contributed by atoms with Crippen LogP contribution in [0.25, 0.3) is 0 Å². The smallest absolute Gasteiger partial charge is 0.320 e. The predicted molar refractivity (Wildman–Crippen MR) is 75.8 cm³/mol. The lowest BCUT2D eigenvalue weighted by Crippen LogP contribution is -2.28. The molecule has 20 heavy (non-hydrogen) atoms. The van der Waals surface area contributed by atoms with Gasteiger partial charge < -0.3 is 9.47 Å². The van der Waals surface area contributed by atoms with E-state index in [4.69, 9.17) is 9.47 Å². The van der Waals surface area contributed by atoms with Gasteiger partial charge in [0.05, 0.1) is 6.61 Å². The summed E-state index contributed by atoms with van der Waals surface area (Å²) in [6.45, 7) is 5.69.